The van der Waals surface area contributed by atoms with E-state index >= 15 is 0 Å². The minimum atomic E-state index is -0.224. The molecule has 0 unspecified atom stereocenters. The Labute approximate surface area is 123 Å². The molecule has 0 radical (unpaired) electrons. The predicted molar refractivity (Wildman–Crippen MR) is 80.3 cm³/mol. The molecule has 0 aromatic heterocycles. The normalized spacial score (nSPS) is 10.4. The Morgan fingerprint density at radius 3 is 2.56 bits per heavy atom. The van der Waals surface area contributed by atoms with E-state index in [2.05, 4.69) is 37.2 Å². The third-order valence-corrected chi connectivity index (χ3v) is 4.03. The van der Waals surface area contributed by atoms with E-state index in [9.17, 15) is 4.39 Å². The number of hydrogen-bond donors (Lipinski definition) is 1. The molecule has 0 amide bonds. The third kappa shape index (κ3) is 3.33. The molecule has 0 bridgehead atoms. The maximum Gasteiger partial charge on any atom is 0.123 e. The van der Waals surface area contributed by atoms with Crippen molar-refractivity contribution in [2.45, 2.75) is 13.5 Å². The van der Waals surface area contributed by atoms with Gasteiger partial charge in [0.05, 0.1) is 0 Å². The van der Waals surface area contributed by atoms with Crippen LogP contribution in [-0.2, 0) is 6.54 Å². The highest BCUT2D eigenvalue weighted by Crippen LogP contribution is 2.25. The molecule has 2 aromatic carbocycles. The summed E-state index contributed by atoms with van der Waals surface area (Å²) in [6.07, 6.45) is 0. The van der Waals surface area contributed by atoms with Crippen molar-refractivity contribution in [3.8, 4) is 0 Å². The highest BCUT2D eigenvalue weighted by Gasteiger charge is 2.04. The lowest BCUT2D eigenvalue weighted by Gasteiger charge is -2.10. The van der Waals surface area contributed by atoms with Crippen molar-refractivity contribution in [3.63, 3.8) is 0 Å². The first-order chi connectivity index (χ1) is 8.56. The van der Waals surface area contributed by atoms with Gasteiger partial charge in [0.2, 0.25) is 0 Å². The molecule has 2 rings (SSSR count). The fraction of sp³-hybridized carbons (Fsp3) is 0.143. The van der Waals surface area contributed by atoms with Crippen molar-refractivity contribution in [2.75, 3.05) is 5.32 Å². The number of anilines is 1. The van der Waals surface area contributed by atoms with Crippen LogP contribution in [0.5, 0.6) is 0 Å². The first-order valence-electron chi connectivity index (χ1n) is 5.50. The minimum absolute atomic E-state index is 0.224. The summed E-state index contributed by atoms with van der Waals surface area (Å²) < 4.78 is 15.1. The molecule has 18 heavy (non-hydrogen) atoms. The zero-order valence-electron chi connectivity index (χ0n) is 9.81. The van der Waals surface area contributed by atoms with Crippen molar-refractivity contribution >= 4 is 37.5 Å². The minimum Gasteiger partial charge on any atom is -0.380 e. The first kappa shape index (κ1) is 13.6. The molecule has 1 nitrogen and oxygen atoms in total. The second kappa shape index (κ2) is 5.85. The van der Waals surface area contributed by atoms with E-state index in [1.54, 1.807) is 6.07 Å². The first-order valence-corrected chi connectivity index (χ1v) is 7.09. The molecule has 0 spiro atoms. The number of benzene rings is 2. The van der Waals surface area contributed by atoms with Crippen LogP contribution in [0.1, 0.15) is 11.1 Å². The third-order valence-electron chi connectivity index (χ3n) is 2.60. The molecule has 94 valence electrons. The lowest BCUT2D eigenvalue weighted by Crippen LogP contribution is -2.01. The molecular formula is C14H12Br2FN. The second-order valence-corrected chi connectivity index (χ2v) is 5.78. The van der Waals surface area contributed by atoms with Crippen LogP contribution in [0, 0.1) is 12.7 Å². The number of halogens is 3. The van der Waals surface area contributed by atoms with Gasteiger partial charge in [0.25, 0.3) is 0 Å². The van der Waals surface area contributed by atoms with Gasteiger partial charge in [-0.3, -0.25) is 0 Å². The maximum absolute atomic E-state index is 13.1. The maximum atomic E-state index is 13.1. The van der Waals surface area contributed by atoms with Gasteiger partial charge in [-0.25, -0.2) is 4.39 Å². The Morgan fingerprint density at radius 2 is 1.83 bits per heavy atom. The number of nitrogens with one attached hydrogen (secondary N) is 1. The lowest BCUT2D eigenvalue weighted by molar-refractivity contribution is 0.625. The molecule has 0 fully saturated rings. The van der Waals surface area contributed by atoms with Crippen LogP contribution in [0.4, 0.5) is 10.1 Å². The Kier molecular flexibility index (Phi) is 4.40. The zero-order chi connectivity index (χ0) is 13.1. The molecule has 4 heteroatoms. The molecule has 0 saturated heterocycles. The molecule has 1 N–H and O–H groups in total. The Bertz CT molecular complexity index is 570. The quantitative estimate of drug-likeness (QED) is 0.773. The molecule has 2 aromatic rings. The van der Waals surface area contributed by atoms with Gasteiger partial charge in [-0.15, -0.1) is 0 Å². The summed E-state index contributed by atoms with van der Waals surface area (Å²) in [5.74, 6) is -0.224. The van der Waals surface area contributed by atoms with Gasteiger partial charge in [0, 0.05) is 21.2 Å². The average Bonchev–Trinajstić information content (AvgIpc) is 2.32. The molecule has 0 aliphatic rings. The summed E-state index contributed by atoms with van der Waals surface area (Å²) in [5, 5.41) is 3.28. The van der Waals surface area contributed by atoms with Crippen molar-refractivity contribution in [1.29, 1.82) is 0 Å². The molecule has 0 aliphatic heterocycles. The van der Waals surface area contributed by atoms with Crippen LogP contribution in [0.15, 0.2) is 45.3 Å². The van der Waals surface area contributed by atoms with E-state index in [0.29, 0.717) is 6.54 Å². The highest BCUT2D eigenvalue weighted by molar-refractivity contribution is 9.10. The highest BCUT2D eigenvalue weighted by atomic mass is 79.9. The fourth-order valence-electron chi connectivity index (χ4n) is 1.63. The molecule has 0 atom stereocenters. The largest absolute Gasteiger partial charge is 0.380 e. The Morgan fingerprint density at radius 1 is 1.06 bits per heavy atom. The summed E-state index contributed by atoms with van der Waals surface area (Å²) >= 11 is 6.92. The second-order valence-electron chi connectivity index (χ2n) is 4.07. The van der Waals surface area contributed by atoms with Crippen molar-refractivity contribution < 1.29 is 4.39 Å². The van der Waals surface area contributed by atoms with E-state index < -0.39 is 0 Å². The van der Waals surface area contributed by atoms with Crippen molar-refractivity contribution in [1.82, 2.24) is 0 Å². The van der Waals surface area contributed by atoms with Gasteiger partial charge in [0.15, 0.2) is 0 Å². The smallest absolute Gasteiger partial charge is 0.123 e. The summed E-state index contributed by atoms with van der Waals surface area (Å²) in [4.78, 5) is 0. The van der Waals surface area contributed by atoms with Gasteiger partial charge in [0.1, 0.15) is 5.82 Å². The molecule has 0 heterocycles. The van der Waals surface area contributed by atoms with Gasteiger partial charge in [-0.05, 0) is 64.3 Å². The Balaban J connectivity index is 2.13. The zero-order valence-corrected chi connectivity index (χ0v) is 13.0. The van der Waals surface area contributed by atoms with Gasteiger partial charge >= 0.3 is 0 Å². The summed E-state index contributed by atoms with van der Waals surface area (Å²) in [6.45, 7) is 2.61. The van der Waals surface area contributed by atoms with Gasteiger partial charge < -0.3 is 5.32 Å². The van der Waals surface area contributed by atoms with Crippen LogP contribution in [0.2, 0.25) is 0 Å². The number of hydrogen-bond acceptors (Lipinski definition) is 1. The van der Waals surface area contributed by atoms with E-state index in [-0.39, 0.29) is 5.82 Å². The van der Waals surface area contributed by atoms with Gasteiger partial charge in [-0.1, -0.05) is 22.0 Å². The van der Waals surface area contributed by atoms with E-state index in [4.69, 9.17) is 0 Å². The van der Waals surface area contributed by atoms with Crippen LogP contribution in [0.3, 0.4) is 0 Å². The van der Waals surface area contributed by atoms with Crippen molar-refractivity contribution in [3.05, 3.63) is 62.3 Å². The van der Waals surface area contributed by atoms with Gasteiger partial charge in [-0.2, -0.15) is 0 Å². The van der Waals surface area contributed by atoms with Crippen LogP contribution >= 0.6 is 31.9 Å². The van der Waals surface area contributed by atoms with Crippen LogP contribution in [0.25, 0.3) is 0 Å². The average molecular weight is 373 g/mol. The monoisotopic (exact) mass is 371 g/mol. The topological polar surface area (TPSA) is 12.0 Å². The fourth-order valence-corrected chi connectivity index (χ4v) is 2.65. The van der Waals surface area contributed by atoms with Crippen molar-refractivity contribution in [2.24, 2.45) is 0 Å². The Hall–Kier alpha value is -0.870. The molecule has 0 saturated carbocycles. The number of aryl methyl sites for hydroxylation is 1. The van der Waals surface area contributed by atoms with Crippen LogP contribution < -0.4 is 5.32 Å². The van der Waals surface area contributed by atoms with E-state index in [0.717, 1.165) is 20.2 Å². The summed E-state index contributed by atoms with van der Waals surface area (Å²) in [5.41, 5.74) is 3.08. The SMILES string of the molecule is Cc1ccc(NCc2cc(F)ccc2Br)c(Br)c1. The van der Waals surface area contributed by atoms with Crippen LogP contribution in [-0.4, -0.2) is 0 Å². The predicted octanol–water partition coefficient (Wildman–Crippen LogP) is 5.27. The molecular weight excluding hydrogens is 361 g/mol. The number of rotatable bonds is 3. The summed E-state index contributed by atoms with van der Waals surface area (Å²) in [6, 6.07) is 10.8. The van der Waals surface area contributed by atoms with E-state index in [1.807, 2.05) is 25.1 Å². The lowest BCUT2D eigenvalue weighted by atomic mass is 10.2. The molecule has 0 aliphatic carbocycles. The van der Waals surface area contributed by atoms with E-state index in [1.165, 1.54) is 17.7 Å². The summed E-state index contributed by atoms with van der Waals surface area (Å²) in [7, 11) is 0. The standard InChI is InChI=1S/C14H12Br2FN/c1-9-2-5-14(13(16)6-9)18-8-10-7-11(17)3-4-12(10)15/h2-7,18H,8H2,1H3.